The molecule has 0 amide bonds. The van der Waals surface area contributed by atoms with Crippen LogP contribution in [0, 0.1) is 6.92 Å². The molecule has 0 saturated carbocycles. The molecule has 0 spiro atoms. The van der Waals surface area contributed by atoms with E-state index in [0.29, 0.717) is 18.3 Å². The maximum Gasteiger partial charge on any atom is 0.248 e. The maximum absolute atomic E-state index is 5.23. The zero-order valence-corrected chi connectivity index (χ0v) is 11.8. The number of aryl methyl sites for hydroxylation is 1. The van der Waals surface area contributed by atoms with Gasteiger partial charge < -0.3 is 4.52 Å². The molecule has 3 rings (SSSR count). The molecule has 2 heterocycles. The summed E-state index contributed by atoms with van der Waals surface area (Å²) in [5.41, 5.74) is 2.15. The number of benzene rings is 1. The zero-order chi connectivity index (χ0) is 13.2. The first-order chi connectivity index (χ1) is 9.20. The standard InChI is InChI=1S/C13H11BrN4O/c1-9-2-4-10(5-3-9)13-16-12(19-17-13)8-18-7-11(14)6-15-18/h2-7H,8H2,1H3. The van der Waals surface area contributed by atoms with Gasteiger partial charge in [0.1, 0.15) is 6.54 Å². The third-order valence-electron chi connectivity index (χ3n) is 2.68. The Morgan fingerprint density at radius 2 is 2.05 bits per heavy atom. The molecule has 0 fully saturated rings. The third-order valence-corrected chi connectivity index (χ3v) is 3.09. The van der Waals surface area contributed by atoms with Gasteiger partial charge in [0, 0.05) is 11.8 Å². The highest BCUT2D eigenvalue weighted by atomic mass is 79.9. The van der Waals surface area contributed by atoms with E-state index in [1.54, 1.807) is 10.9 Å². The summed E-state index contributed by atoms with van der Waals surface area (Å²) < 4.78 is 7.88. The van der Waals surface area contributed by atoms with Crippen LogP contribution in [0.4, 0.5) is 0 Å². The molecule has 0 bridgehead atoms. The summed E-state index contributed by atoms with van der Waals surface area (Å²) in [4.78, 5) is 4.36. The van der Waals surface area contributed by atoms with Crippen molar-refractivity contribution in [2.75, 3.05) is 0 Å². The zero-order valence-electron chi connectivity index (χ0n) is 10.2. The Labute approximate surface area is 118 Å². The summed E-state index contributed by atoms with van der Waals surface area (Å²) in [7, 11) is 0. The lowest BCUT2D eigenvalue weighted by molar-refractivity contribution is 0.366. The Hall–Kier alpha value is -1.95. The van der Waals surface area contributed by atoms with Gasteiger partial charge in [-0.2, -0.15) is 10.1 Å². The van der Waals surface area contributed by atoms with E-state index in [9.17, 15) is 0 Å². The first-order valence-corrected chi connectivity index (χ1v) is 6.57. The van der Waals surface area contributed by atoms with Crippen molar-refractivity contribution in [3.63, 3.8) is 0 Å². The van der Waals surface area contributed by atoms with Crippen molar-refractivity contribution in [3.05, 3.63) is 52.6 Å². The van der Waals surface area contributed by atoms with Crippen molar-refractivity contribution in [3.8, 4) is 11.4 Å². The van der Waals surface area contributed by atoms with E-state index >= 15 is 0 Å². The topological polar surface area (TPSA) is 56.7 Å². The van der Waals surface area contributed by atoms with E-state index in [1.807, 2.05) is 37.4 Å². The number of hydrogen-bond donors (Lipinski definition) is 0. The Balaban J connectivity index is 1.81. The van der Waals surface area contributed by atoms with Gasteiger partial charge in [-0.1, -0.05) is 35.0 Å². The predicted octanol–water partition coefficient (Wildman–Crippen LogP) is 3.05. The summed E-state index contributed by atoms with van der Waals surface area (Å²) in [6.07, 6.45) is 3.58. The number of halogens is 1. The smallest absolute Gasteiger partial charge is 0.248 e. The molecular weight excluding hydrogens is 308 g/mol. The molecule has 1 aromatic carbocycles. The molecule has 96 valence electrons. The van der Waals surface area contributed by atoms with E-state index in [2.05, 4.69) is 31.2 Å². The first kappa shape index (κ1) is 12.1. The molecule has 0 atom stereocenters. The lowest BCUT2D eigenvalue weighted by Crippen LogP contribution is -1.99. The second-order valence-electron chi connectivity index (χ2n) is 4.23. The molecule has 5 nitrogen and oxygen atoms in total. The quantitative estimate of drug-likeness (QED) is 0.744. The van der Waals surface area contributed by atoms with Gasteiger partial charge >= 0.3 is 0 Å². The van der Waals surface area contributed by atoms with E-state index in [4.69, 9.17) is 4.52 Å². The Morgan fingerprint density at radius 3 is 2.74 bits per heavy atom. The van der Waals surface area contributed by atoms with Crippen molar-refractivity contribution < 1.29 is 4.52 Å². The first-order valence-electron chi connectivity index (χ1n) is 5.78. The van der Waals surface area contributed by atoms with Crippen LogP contribution in [0.25, 0.3) is 11.4 Å². The van der Waals surface area contributed by atoms with Crippen molar-refractivity contribution in [1.82, 2.24) is 19.9 Å². The second kappa shape index (κ2) is 4.97. The minimum absolute atomic E-state index is 0.463. The molecule has 0 saturated heterocycles. The fourth-order valence-corrected chi connectivity index (χ4v) is 2.03. The van der Waals surface area contributed by atoms with Crippen molar-refractivity contribution >= 4 is 15.9 Å². The molecule has 0 radical (unpaired) electrons. The van der Waals surface area contributed by atoms with Crippen LogP contribution in [0.5, 0.6) is 0 Å². The van der Waals surface area contributed by atoms with Gasteiger partial charge in [0.05, 0.1) is 10.7 Å². The lowest BCUT2D eigenvalue weighted by atomic mass is 10.1. The van der Waals surface area contributed by atoms with Crippen LogP contribution in [0.2, 0.25) is 0 Å². The molecule has 19 heavy (non-hydrogen) atoms. The monoisotopic (exact) mass is 318 g/mol. The van der Waals surface area contributed by atoms with E-state index < -0.39 is 0 Å². The summed E-state index contributed by atoms with van der Waals surface area (Å²) in [6.45, 7) is 2.51. The molecule has 2 aromatic heterocycles. The third kappa shape index (κ3) is 2.73. The van der Waals surface area contributed by atoms with Crippen LogP contribution in [0.15, 0.2) is 45.7 Å². The predicted molar refractivity (Wildman–Crippen MR) is 73.5 cm³/mol. The molecule has 0 aliphatic heterocycles. The molecule has 0 aliphatic carbocycles. The average Bonchev–Trinajstić information content (AvgIpc) is 3.00. The fraction of sp³-hybridized carbons (Fsp3) is 0.154. The van der Waals surface area contributed by atoms with Crippen LogP contribution in [-0.4, -0.2) is 19.9 Å². The molecule has 0 aliphatic rings. The Bertz CT molecular complexity index is 687. The van der Waals surface area contributed by atoms with Gasteiger partial charge in [0.15, 0.2) is 0 Å². The summed E-state index contributed by atoms with van der Waals surface area (Å²) in [5.74, 6) is 1.13. The van der Waals surface area contributed by atoms with E-state index in [0.717, 1.165) is 10.0 Å². The Kier molecular flexibility index (Phi) is 3.16. The van der Waals surface area contributed by atoms with Crippen molar-refractivity contribution in [2.45, 2.75) is 13.5 Å². The molecule has 3 aromatic rings. The summed E-state index contributed by atoms with van der Waals surface area (Å²) >= 11 is 3.34. The number of aromatic nitrogens is 4. The van der Waals surface area contributed by atoms with Gasteiger partial charge in [0.25, 0.3) is 0 Å². The van der Waals surface area contributed by atoms with E-state index in [1.165, 1.54) is 5.56 Å². The normalized spacial score (nSPS) is 10.8. The van der Waals surface area contributed by atoms with Gasteiger partial charge in [0.2, 0.25) is 11.7 Å². The molecular formula is C13H11BrN4O. The SMILES string of the molecule is Cc1ccc(-c2noc(Cn3cc(Br)cn3)n2)cc1. The maximum atomic E-state index is 5.23. The van der Waals surface area contributed by atoms with Crippen LogP contribution in [-0.2, 0) is 6.54 Å². The molecule has 0 unspecified atom stereocenters. The highest BCUT2D eigenvalue weighted by Crippen LogP contribution is 2.16. The van der Waals surface area contributed by atoms with Crippen molar-refractivity contribution in [1.29, 1.82) is 0 Å². The minimum Gasteiger partial charge on any atom is -0.337 e. The fourth-order valence-electron chi connectivity index (χ4n) is 1.70. The van der Waals surface area contributed by atoms with Crippen LogP contribution in [0.1, 0.15) is 11.5 Å². The number of nitrogens with zero attached hydrogens (tertiary/aromatic N) is 4. The highest BCUT2D eigenvalue weighted by molar-refractivity contribution is 9.10. The van der Waals surface area contributed by atoms with Gasteiger partial charge in [-0.15, -0.1) is 0 Å². The summed E-state index contributed by atoms with van der Waals surface area (Å²) in [5, 5.41) is 8.13. The minimum atomic E-state index is 0.463. The molecule has 6 heteroatoms. The second-order valence-corrected chi connectivity index (χ2v) is 5.15. The van der Waals surface area contributed by atoms with Gasteiger partial charge in [-0.25, -0.2) is 0 Å². The van der Waals surface area contributed by atoms with Crippen LogP contribution < -0.4 is 0 Å². The van der Waals surface area contributed by atoms with Gasteiger partial charge in [-0.3, -0.25) is 4.68 Å². The highest BCUT2D eigenvalue weighted by Gasteiger charge is 2.09. The van der Waals surface area contributed by atoms with E-state index in [-0.39, 0.29) is 0 Å². The van der Waals surface area contributed by atoms with Crippen molar-refractivity contribution in [2.24, 2.45) is 0 Å². The summed E-state index contributed by atoms with van der Waals surface area (Å²) in [6, 6.07) is 8.01. The Morgan fingerprint density at radius 1 is 1.26 bits per heavy atom. The average molecular weight is 319 g/mol. The number of hydrogen-bond acceptors (Lipinski definition) is 4. The van der Waals surface area contributed by atoms with Crippen LogP contribution >= 0.6 is 15.9 Å². The largest absolute Gasteiger partial charge is 0.337 e. The molecule has 0 N–H and O–H groups in total. The lowest BCUT2D eigenvalue weighted by Gasteiger charge is -1.95. The number of rotatable bonds is 3. The van der Waals surface area contributed by atoms with Crippen LogP contribution in [0.3, 0.4) is 0 Å². The van der Waals surface area contributed by atoms with Gasteiger partial charge in [-0.05, 0) is 22.9 Å².